The molecule has 23 heavy (non-hydrogen) atoms. The number of hydrogen-bond donors (Lipinski definition) is 2. The molecule has 0 bridgehead atoms. The molecule has 0 spiro atoms. The van der Waals surface area contributed by atoms with Crippen LogP contribution in [-0.2, 0) is 13.0 Å². The zero-order valence-corrected chi connectivity index (χ0v) is 13.3. The van der Waals surface area contributed by atoms with Crippen molar-refractivity contribution < 1.29 is 9.50 Å². The number of thiazole rings is 1. The Bertz CT molecular complexity index is 753. The van der Waals surface area contributed by atoms with E-state index in [1.165, 1.54) is 17.7 Å². The van der Waals surface area contributed by atoms with Gasteiger partial charge in [-0.05, 0) is 41.8 Å². The van der Waals surface area contributed by atoms with Crippen molar-refractivity contribution in [1.29, 1.82) is 0 Å². The van der Waals surface area contributed by atoms with Crippen LogP contribution in [0.1, 0.15) is 11.1 Å². The van der Waals surface area contributed by atoms with Gasteiger partial charge in [0.1, 0.15) is 5.82 Å². The number of anilines is 1. The van der Waals surface area contributed by atoms with E-state index >= 15 is 0 Å². The summed E-state index contributed by atoms with van der Waals surface area (Å²) < 4.78 is 12.9. The Labute approximate surface area is 138 Å². The van der Waals surface area contributed by atoms with Gasteiger partial charge in [0, 0.05) is 17.5 Å². The van der Waals surface area contributed by atoms with Crippen LogP contribution >= 0.6 is 11.3 Å². The van der Waals surface area contributed by atoms with Crippen molar-refractivity contribution in [2.24, 2.45) is 0 Å². The lowest BCUT2D eigenvalue weighted by molar-refractivity contribution is 0.282. The molecule has 0 unspecified atom stereocenters. The molecule has 3 aromatic rings. The van der Waals surface area contributed by atoms with Gasteiger partial charge in [-0.15, -0.1) is 11.3 Å². The molecule has 2 aromatic carbocycles. The van der Waals surface area contributed by atoms with Crippen LogP contribution in [0.2, 0.25) is 0 Å². The molecule has 1 aromatic heterocycles. The maximum Gasteiger partial charge on any atom is 0.183 e. The molecule has 0 aliphatic carbocycles. The van der Waals surface area contributed by atoms with Crippen LogP contribution in [0, 0.1) is 5.82 Å². The number of aromatic nitrogens is 1. The van der Waals surface area contributed by atoms with Gasteiger partial charge in [0.15, 0.2) is 5.13 Å². The van der Waals surface area contributed by atoms with E-state index in [4.69, 9.17) is 5.11 Å². The monoisotopic (exact) mass is 328 g/mol. The van der Waals surface area contributed by atoms with Crippen molar-refractivity contribution in [3.8, 4) is 11.3 Å². The number of rotatable bonds is 6. The van der Waals surface area contributed by atoms with Gasteiger partial charge in [-0.1, -0.05) is 24.3 Å². The lowest BCUT2D eigenvalue weighted by Gasteiger charge is -2.04. The Hall–Kier alpha value is -2.24. The van der Waals surface area contributed by atoms with Gasteiger partial charge < -0.3 is 10.4 Å². The maximum absolute atomic E-state index is 12.9. The number of halogens is 1. The van der Waals surface area contributed by atoms with Crippen molar-refractivity contribution in [1.82, 2.24) is 4.98 Å². The second-order valence-corrected chi connectivity index (χ2v) is 6.05. The molecule has 5 heteroatoms. The summed E-state index contributed by atoms with van der Waals surface area (Å²) in [6, 6.07) is 14.3. The van der Waals surface area contributed by atoms with Gasteiger partial charge in [0.25, 0.3) is 0 Å². The van der Waals surface area contributed by atoms with Gasteiger partial charge in [-0.25, -0.2) is 9.37 Å². The van der Waals surface area contributed by atoms with Crippen LogP contribution < -0.4 is 5.32 Å². The van der Waals surface area contributed by atoms with Gasteiger partial charge in [0.2, 0.25) is 0 Å². The first-order valence-electron chi connectivity index (χ1n) is 7.38. The summed E-state index contributed by atoms with van der Waals surface area (Å²) in [6.07, 6.45) is 0.886. The SMILES string of the molecule is OCc1ccc(CCNc2nc(-c3ccc(F)cc3)cs2)cc1. The minimum absolute atomic E-state index is 0.0732. The molecule has 1 heterocycles. The third-order valence-electron chi connectivity index (χ3n) is 3.54. The smallest absolute Gasteiger partial charge is 0.183 e. The summed E-state index contributed by atoms with van der Waals surface area (Å²) in [6.45, 7) is 0.860. The largest absolute Gasteiger partial charge is 0.392 e. The fourth-order valence-electron chi connectivity index (χ4n) is 2.23. The molecule has 0 aliphatic rings. The number of nitrogens with zero attached hydrogens (tertiary/aromatic N) is 1. The number of hydrogen-bond acceptors (Lipinski definition) is 4. The van der Waals surface area contributed by atoms with E-state index in [9.17, 15) is 4.39 Å². The number of benzene rings is 2. The van der Waals surface area contributed by atoms with E-state index < -0.39 is 0 Å². The second kappa shape index (κ2) is 7.35. The molecule has 0 saturated carbocycles. The molecule has 2 N–H and O–H groups in total. The van der Waals surface area contributed by atoms with Crippen LogP contribution in [0.5, 0.6) is 0 Å². The van der Waals surface area contributed by atoms with Crippen molar-refractivity contribution in [3.05, 3.63) is 70.9 Å². The Morgan fingerprint density at radius 1 is 1.00 bits per heavy atom. The summed E-state index contributed by atoms with van der Waals surface area (Å²) in [5.74, 6) is -0.241. The number of aliphatic hydroxyl groups excluding tert-OH is 1. The van der Waals surface area contributed by atoms with Gasteiger partial charge in [0.05, 0.1) is 12.3 Å². The molecule has 0 saturated heterocycles. The van der Waals surface area contributed by atoms with Gasteiger partial charge in [-0.2, -0.15) is 0 Å². The average Bonchev–Trinajstić information content (AvgIpc) is 3.05. The third kappa shape index (κ3) is 4.15. The highest BCUT2D eigenvalue weighted by atomic mass is 32.1. The Morgan fingerprint density at radius 2 is 1.70 bits per heavy atom. The molecular formula is C18H17FN2OS. The van der Waals surface area contributed by atoms with E-state index in [2.05, 4.69) is 10.3 Å². The van der Waals surface area contributed by atoms with Crippen LogP contribution in [-0.4, -0.2) is 16.6 Å². The first-order chi connectivity index (χ1) is 11.2. The molecule has 0 aliphatic heterocycles. The van der Waals surface area contributed by atoms with Crippen molar-refractivity contribution in [2.45, 2.75) is 13.0 Å². The molecule has 0 amide bonds. The molecule has 118 valence electrons. The first kappa shape index (κ1) is 15.6. The quantitative estimate of drug-likeness (QED) is 0.716. The second-order valence-electron chi connectivity index (χ2n) is 5.20. The summed E-state index contributed by atoms with van der Waals surface area (Å²) in [5, 5.41) is 15.2. The minimum atomic E-state index is -0.241. The molecule has 3 nitrogen and oxygen atoms in total. The third-order valence-corrected chi connectivity index (χ3v) is 4.34. The lowest BCUT2D eigenvalue weighted by atomic mass is 10.1. The fourth-order valence-corrected chi connectivity index (χ4v) is 2.98. The summed E-state index contributed by atoms with van der Waals surface area (Å²) in [5.41, 5.74) is 3.90. The predicted octanol–water partition coefficient (Wildman–Crippen LogP) is 4.10. The van der Waals surface area contributed by atoms with E-state index in [1.807, 2.05) is 29.6 Å². The van der Waals surface area contributed by atoms with Crippen LogP contribution in [0.25, 0.3) is 11.3 Å². The molecule has 0 fully saturated rings. The zero-order valence-electron chi connectivity index (χ0n) is 12.5. The average molecular weight is 328 g/mol. The van der Waals surface area contributed by atoms with Crippen LogP contribution in [0.15, 0.2) is 53.9 Å². The highest BCUT2D eigenvalue weighted by Gasteiger charge is 2.04. The minimum Gasteiger partial charge on any atom is -0.392 e. The zero-order chi connectivity index (χ0) is 16.1. The highest BCUT2D eigenvalue weighted by Crippen LogP contribution is 2.24. The van der Waals surface area contributed by atoms with E-state index in [1.54, 1.807) is 23.5 Å². The maximum atomic E-state index is 12.9. The normalized spacial score (nSPS) is 10.7. The lowest BCUT2D eigenvalue weighted by Crippen LogP contribution is -2.04. The van der Waals surface area contributed by atoms with E-state index in [0.29, 0.717) is 0 Å². The number of aliphatic hydroxyl groups is 1. The Morgan fingerprint density at radius 3 is 2.39 bits per heavy atom. The van der Waals surface area contributed by atoms with Crippen LogP contribution in [0.3, 0.4) is 0 Å². The van der Waals surface area contributed by atoms with Gasteiger partial charge >= 0.3 is 0 Å². The molecular weight excluding hydrogens is 311 g/mol. The Balaban J connectivity index is 1.55. The standard InChI is InChI=1S/C18H17FN2OS/c19-16-7-5-15(6-8-16)17-12-23-18(21-17)20-10-9-13-1-3-14(11-22)4-2-13/h1-8,12,22H,9-11H2,(H,20,21). The van der Waals surface area contributed by atoms with E-state index in [-0.39, 0.29) is 12.4 Å². The predicted molar refractivity (Wildman–Crippen MR) is 92.1 cm³/mol. The summed E-state index contributed by atoms with van der Waals surface area (Å²) in [7, 11) is 0. The molecule has 3 rings (SSSR count). The summed E-state index contributed by atoms with van der Waals surface area (Å²) in [4.78, 5) is 4.52. The highest BCUT2D eigenvalue weighted by molar-refractivity contribution is 7.14. The van der Waals surface area contributed by atoms with Crippen molar-refractivity contribution in [2.75, 3.05) is 11.9 Å². The van der Waals surface area contributed by atoms with Gasteiger partial charge in [-0.3, -0.25) is 0 Å². The number of nitrogens with one attached hydrogen (secondary N) is 1. The van der Waals surface area contributed by atoms with Crippen molar-refractivity contribution >= 4 is 16.5 Å². The van der Waals surface area contributed by atoms with Crippen molar-refractivity contribution in [3.63, 3.8) is 0 Å². The summed E-state index contributed by atoms with van der Waals surface area (Å²) >= 11 is 1.54. The topological polar surface area (TPSA) is 45.1 Å². The molecule has 0 atom stereocenters. The van der Waals surface area contributed by atoms with Crippen LogP contribution in [0.4, 0.5) is 9.52 Å². The van der Waals surface area contributed by atoms with E-state index in [0.717, 1.165) is 34.9 Å². The molecule has 0 radical (unpaired) electrons. The first-order valence-corrected chi connectivity index (χ1v) is 8.26. The Kier molecular flexibility index (Phi) is 5.00. The fraction of sp³-hybridized carbons (Fsp3) is 0.167.